The van der Waals surface area contributed by atoms with Crippen molar-refractivity contribution in [3.05, 3.63) is 23.3 Å². The van der Waals surface area contributed by atoms with Gasteiger partial charge in [-0.3, -0.25) is 4.79 Å². The van der Waals surface area contributed by atoms with Crippen molar-refractivity contribution in [1.82, 2.24) is 0 Å². The first-order valence-electron chi connectivity index (χ1n) is 4.53. The highest BCUT2D eigenvalue weighted by Crippen LogP contribution is 2.04. The molecular weight excluding hydrogens is 164 g/mol. The molecule has 0 heterocycles. The van der Waals surface area contributed by atoms with Crippen molar-refractivity contribution in [1.29, 1.82) is 0 Å². The van der Waals surface area contributed by atoms with Gasteiger partial charge in [0.05, 0.1) is 6.42 Å². The number of carboxylic acids is 1. The summed E-state index contributed by atoms with van der Waals surface area (Å²) in [5.74, 6) is -0.754. The second-order valence-electron chi connectivity index (χ2n) is 3.48. The minimum Gasteiger partial charge on any atom is -0.481 e. The molecule has 13 heavy (non-hydrogen) atoms. The summed E-state index contributed by atoms with van der Waals surface area (Å²) < 4.78 is 0. The molecule has 0 aromatic carbocycles. The quantitative estimate of drug-likeness (QED) is 0.524. The molecule has 0 spiro atoms. The molecule has 0 aromatic rings. The predicted octanol–water partition coefficient (Wildman–Crippen LogP) is 3.15. The van der Waals surface area contributed by atoms with Gasteiger partial charge >= 0.3 is 5.97 Å². The van der Waals surface area contributed by atoms with E-state index in [-0.39, 0.29) is 6.42 Å². The molecule has 0 fully saturated rings. The van der Waals surface area contributed by atoms with Crippen LogP contribution in [0.3, 0.4) is 0 Å². The second kappa shape index (κ2) is 6.46. The van der Waals surface area contributed by atoms with Gasteiger partial charge in [-0.2, -0.15) is 0 Å². The number of aliphatic carboxylic acids is 1. The number of carbonyl (C=O) groups is 1. The maximum atomic E-state index is 10.3. The van der Waals surface area contributed by atoms with Gasteiger partial charge in [-0.25, -0.2) is 0 Å². The molecule has 0 radical (unpaired) electrons. The molecule has 0 saturated carbocycles. The fourth-order valence-corrected chi connectivity index (χ4v) is 1.01. The lowest BCUT2D eigenvalue weighted by atomic mass is 10.1. The Morgan fingerprint density at radius 2 is 1.69 bits per heavy atom. The van der Waals surface area contributed by atoms with Gasteiger partial charge in [-0.05, 0) is 33.6 Å². The average Bonchev–Trinajstić information content (AvgIpc) is 1.96. The van der Waals surface area contributed by atoms with Crippen molar-refractivity contribution in [2.24, 2.45) is 0 Å². The van der Waals surface area contributed by atoms with E-state index in [2.05, 4.69) is 19.9 Å². The molecule has 2 nitrogen and oxygen atoms in total. The van der Waals surface area contributed by atoms with Gasteiger partial charge < -0.3 is 5.11 Å². The molecule has 74 valence electrons. The summed E-state index contributed by atoms with van der Waals surface area (Å²) in [6, 6.07) is 0. The third-order valence-electron chi connectivity index (χ3n) is 1.64. The van der Waals surface area contributed by atoms with Crippen LogP contribution in [0.4, 0.5) is 0 Å². The number of carboxylic acid groups (broad SMARTS) is 1. The van der Waals surface area contributed by atoms with E-state index in [4.69, 9.17) is 5.11 Å². The molecule has 0 bridgehead atoms. The van der Waals surface area contributed by atoms with Gasteiger partial charge in [0.15, 0.2) is 0 Å². The topological polar surface area (TPSA) is 37.3 Å². The molecule has 0 unspecified atom stereocenters. The molecule has 2 heteroatoms. The van der Waals surface area contributed by atoms with Gasteiger partial charge in [0, 0.05) is 0 Å². The number of rotatable bonds is 5. The van der Waals surface area contributed by atoms with E-state index in [9.17, 15) is 4.79 Å². The van der Waals surface area contributed by atoms with Crippen LogP contribution in [0.1, 0.15) is 40.0 Å². The van der Waals surface area contributed by atoms with Crippen LogP contribution in [-0.2, 0) is 4.79 Å². The monoisotopic (exact) mass is 182 g/mol. The lowest BCUT2D eigenvalue weighted by Gasteiger charge is -1.95. The third kappa shape index (κ3) is 8.86. The number of allylic oxidation sites excluding steroid dienone is 3. The van der Waals surface area contributed by atoms with Crippen LogP contribution < -0.4 is 0 Å². The van der Waals surface area contributed by atoms with Crippen LogP contribution in [0, 0.1) is 0 Å². The van der Waals surface area contributed by atoms with E-state index in [0.29, 0.717) is 0 Å². The molecular formula is C11H18O2. The molecule has 0 aromatic heterocycles. The summed E-state index contributed by atoms with van der Waals surface area (Å²) in [5, 5.41) is 8.48. The standard InChI is InChI=1S/C11H18O2/c1-9(2)6-4-5-7-10(3)8-11(12)13/h6-7H,4-5,8H2,1-3H3,(H,12,13)/b10-7+. The maximum absolute atomic E-state index is 10.3. The first-order valence-corrected chi connectivity index (χ1v) is 4.53. The SMILES string of the molecule is CC(C)=CCC/C=C(\C)CC(=O)O. The Labute approximate surface area is 80.0 Å². The molecule has 0 rings (SSSR count). The van der Waals surface area contributed by atoms with E-state index in [1.54, 1.807) is 0 Å². The Hall–Kier alpha value is -1.05. The molecule has 0 aliphatic rings. The molecule has 0 aliphatic heterocycles. The lowest BCUT2D eigenvalue weighted by molar-refractivity contribution is -0.136. The van der Waals surface area contributed by atoms with E-state index < -0.39 is 5.97 Å². The van der Waals surface area contributed by atoms with Gasteiger partial charge in [0.1, 0.15) is 0 Å². The lowest BCUT2D eigenvalue weighted by Crippen LogP contribution is -1.94. The van der Waals surface area contributed by atoms with Crippen molar-refractivity contribution >= 4 is 5.97 Å². The fourth-order valence-electron chi connectivity index (χ4n) is 1.01. The van der Waals surface area contributed by atoms with Crippen LogP contribution in [-0.4, -0.2) is 11.1 Å². The Morgan fingerprint density at radius 3 is 2.15 bits per heavy atom. The summed E-state index contributed by atoms with van der Waals surface area (Å²) in [7, 11) is 0. The smallest absolute Gasteiger partial charge is 0.307 e. The summed E-state index contributed by atoms with van der Waals surface area (Å²) in [6.07, 6.45) is 6.25. The van der Waals surface area contributed by atoms with Crippen LogP contribution in [0.5, 0.6) is 0 Å². The number of unbranched alkanes of at least 4 members (excludes halogenated alkanes) is 1. The largest absolute Gasteiger partial charge is 0.481 e. The predicted molar refractivity (Wildman–Crippen MR) is 54.7 cm³/mol. The van der Waals surface area contributed by atoms with Gasteiger partial charge in [-0.15, -0.1) is 0 Å². The molecule has 0 saturated heterocycles. The Morgan fingerprint density at radius 1 is 1.15 bits per heavy atom. The van der Waals surface area contributed by atoms with E-state index in [0.717, 1.165) is 18.4 Å². The summed E-state index contributed by atoms with van der Waals surface area (Å²) in [6.45, 7) is 5.98. The molecule has 0 aliphatic carbocycles. The van der Waals surface area contributed by atoms with E-state index in [1.165, 1.54) is 5.57 Å². The first-order chi connectivity index (χ1) is 6.02. The number of hydrogen-bond donors (Lipinski definition) is 1. The van der Waals surface area contributed by atoms with Crippen molar-refractivity contribution < 1.29 is 9.90 Å². The van der Waals surface area contributed by atoms with Crippen LogP contribution in [0.2, 0.25) is 0 Å². The maximum Gasteiger partial charge on any atom is 0.307 e. The highest BCUT2D eigenvalue weighted by atomic mass is 16.4. The minimum absolute atomic E-state index is 0.162. The van der Waals surface area contributed by atoms with Gasteiger partial charge in [-0.1, -0.05) is 23.3 Å². The number of hydrogen-bond acceptors (Lipinski definition) is 1. The average molecular weight is 182 g/mol. The minimum atomic E-state index is -0.754. The first kappa shape index (κ1) is 11.9. The van der Waals surface area contributed by atoms with Crippen molar-refractivity contribution in [2.75, 3.05) is 0 Å². The van der Waals surface area contributed by atoms with Gasteiger partial charge in [0.25, 0.3) is 0 Å². The summed E-state index contributed by atoms with van der Waals surface area (Å²) in [4.78, 5) is 10.3. The third-order valence-corrected chi connectivity index (χ3v) is 1.64. The van der Waals surface area contributed by atoms with Crippen LogP contribution in [0.25, 0.3) is 0 Å². The fraction of sp³-hybridized carbons (Fsp3) is 0.545. The summed E-state index contributed by atoms with van der Waals surface area (Å²) >= 11 is 0. The highest BCUT2D eigenvalue weighted by Gasteiger charge is 1.96. The van der Waals surface area contributed by atoms with E-state index >= 15 is 0 Å². The molecule has 1 N–H and O–H groups in total. The Kier molecular flexibility index (Phi) is 5.94. The van der Waals surface area contributed by atoms with Gasteiger partial charge in [0.2, 0.25) is 0 Å². The Balaban J connectivity index is 3.71. The zero-order valence-corrected chi connectivity index (χ0v) is 8.63. The van der Waals surface area contributed by atoms with Crippen LogP contribution in [0.15, 0.2) is 23.3 Å². The normalized spacial score (nSPS) is 11.2. The second-order valence-corrected chi connectivity index (χ2v) is 3.48. The van der Waals surface area contributed by atoms with Crippen molar-refractivity contribution in [3.63, 3.8) is 0 Å². The Bertz CT molecular complexity index is 220. The zero-order chi connectivity index (χ0) is 10.3. The van der Waals surface area contributed by atoms with Crippen LogP contribution >= 0.6 is 0 Å². The van der Waals surface area contributed by atoms with Crippen molar-refractivity contribution in [3.8, 4) is 0 Å². The molecule has 0 amide bonds. The molecule has 0 atom stereocenters. The zero-order valence-electron chi connectivity index (χ0n) is 8.63. The highest BCUT2D eigenvalue weighted by molar-refractivity contribution is 5.69. The van der Waals surface area contributed by atoms with Crippen molar-refractivity contribution in [2.45, 2.75) is 40.0 Å². The summed E-state index contributed by atoms with van der Waals surface area (Å²) in [5.41, 5.74) is 2.25. The van der Waals surface area contributed by atoms with E-state index in [1.807, 2.05) is 13.0 Å².